The van der Waals surface area contributed by atoms with Crippen LogP contribution in [0.15, 0.2) is 36.5 Å². The zero-order valence-electron chi connectivity index (χ0n) is 12.0. The Hall–Kier alpha value is -2.47. The number of fused-ring (bicyclic) bond motifs is 1. The lowest BCUT2D eigenvalue weighted by molar-refractivity contribution is 0.0637. The van der Waals surface area contributed by atoms with E-state index in [4.69, 9.17) is 11.6 Å². The first kappa shape index (κ1) is 14.1. The van der Waals surface area contributed by atoms with E-state index >= 15 is 0 Å². The quantitative estimate of drug-likeness (QED) is 0.725. The van der Waals surface area contributed by atoms with Crippen LogP contribution in [-0.4, -0.2) is 38.4 Å². The van der Waals surface area contributed by atoms with E-state index < -0.39 is 5.82 Å². The fourth-order valence-electron chi connectivity index (χ4n) is 2.59. The number of imidazole rings is 1. The standard InChI is InChI=1S/C16H12ClFN4O/c17-11-5-4-10(9-12(11)18)22-14-13(3-1-6-19-14)20-15(22)16(23)21-7-2-8-21/h1,3-6,9H,2,7-8H2. The second-order valence-electron chi connectivity index (χ2n) is 5.36. The minimum absolute atomic E-state index is 0.0294. The Kier molecular flexibility index (Phi) is 3.27. The number of carbonyl (C=O) groups excluding carboxylic acids is 1. The van der Waals surface area contributed by atoms with E-state index in [1.807, 2.05) is 0 Å². The third-order valence-corrected chi connectivity index (χ3v) is 4.22. The molecule has 23 heavy (non-hydrogen) atoms. The molecule has 0 aliphatic carbocycles. The molecular formula is C16H12ClFN4O. The number of pyridine rings is 1. The normalized spacial score (nSPS) is 14.1. The highest BCUT2D eigenvalue weighted by Gasteiger charge is 2.28. The average molecular weight is 331 g/mol. The van der Waals surface area contributed by atoms with Crippen molar-refractivity contribution in [1.82, 2.24) is 19.4 Å². The molecule has 7 heteroatoms. The highest BCUT2D eigenvalue weighted by Crippen LogP contribution is 2.25. The summed E-state index contributed by atoms with van der Waals surface area (Å²) >= 11 is 5.75. The van der Waals surface area contributed by atoms with Gasteiger partial charge in [0.1, 0.15) is 11.3 Å². The van der Waals surface area contributed by atoms with Crippen LogP contribution in [0.1, 0.15) is 17.0 Å². The fraction of sp³-hybridized carbons (Fsp3) is 0.188. The minimum atomic E-state index is -0.552. The van der Waals surface area contributed by atoms with Crippen molar-refractivity contribution in [2.45, 2.75) is 6.42 Å². The number of amides is 1. The van der Waals surface area contributed by atoms with Crippen molar-refractivity contribution in [3.05, 3.63) is 53.2 Å². The molecule has 5 nitrogen and oxygen atoms in total. The van der Waals surface area contributed by atoms with Crippen molar-refractivity contribution in [3.8, 4) is 5.69 Å². The van der Waals surface area contributed by atoms with Crippen LogP contribution in [-0.2, 0) is 0 Å². The van der Waals surface area contributed by atoms with E-state index in [0.717, 1.165) is 6.42 Å². The number of halogens is 2. The molecule has 0 N–H and O–H groups in total. The molecule has 1 aliphatic heterocycles. The smallest absolute Gasteiger partial charge is 0.290 e. The third-order valence-electron chi connectivity index (χ3n) is 3.91. The van der Waals surface area contributed by atoms with Gasteiger partial charge in [-0.05, 0) is 36.8 Å². The van der Waals surface area contributed by atoms with Gasteiger partial charge in [0.2, 0.25) is 5.82 Å². The molecule has 1 aromatic carbocycles. The highest BCUT2D eigenvalue weighted by atomic mass is 35.5. The number of likely N-dealkylation sites (tertiary alicyclic amines) is 1. The van der Waals surface area contributed by atoms with Crippen LogP contribution in [0.25, 0.3) is 16.9 Å². The summed E-state index contributed by atoms with van der Waals surface area (Å²) in [6.45, 7) is 1.43. The Labute approximate surface area is 136 Å². The molecule has 0 radical (unpaired) electrons. The third kappa shape index (κ3) is 2.26. The Balaban J connectivity index is 1.95. The van der Waals surface area contributed by atoms with Gasteiger partial charge in [-0.1, -0.05) is 11.6 Å². The second-order valence-corrected chi connectivity index (χ2v) is 5.77. The number of hydrogen-bond acceptors (Lipinski definition) is 3. The summed E-state index contributed by atoms with van der Waals surface area (Å²) in [5.41, 5.74) is 1.57. The van der Waals surface area contributed by atoms with Gasteiger partial charge in [0.25, 0.3) is 5.91 Å². The summed E-state index contributed by atoms with van der Waals surface area (Å²) < 4.78 is 15.4. The van der Waals surface area contributed by atoms with Gasteiger partial charge in [-0.15, -0.1) is 0 Å². The summed E-state index contributed by atoms with van der Waals surface area (Å²) in [7, 11) is 0. The Bertz CT molecular complexity index is 920. The van der Waals surface area contributed by atoms with Crippen LogP contribution < -0.4 is 0 Å². The lowest BCUT2D eigenvalue weighted by Gasteiger charge is -2.30. The Morgan fingerprint density at radius 3 is 2.78 bits per heavy atom. The molecule has 1 saturated heterocycles. The largest absolute Gasteiger partial charge is 0.336 e. The molecule has 0 bridgehead atoms. The molecule has 0 unspecified atom stereocenters. The predicted octanol–water partition coefficient (Wildman–Crippen LogP) is 3.06. The maximum absolute atomic E-state index is 13.9. The van der Waals surface area contributed by atoms with Crippen LogP contribution >= 0.6 is 11.6 Å². The van der Waals surface area contributed by atoms with E-state index in [1.54, 1.807) is 33.9 Å². The van der Waals surface area contributed by atoms with Crippen molar-refractivity contribution < 1.29 is 9.18 Å². The lowest BCUT2D eigenvalue weighted by atomic mass is 10.2. The van der Waals surface area contributed by atoms with Gasteiger partial charge in [0.15, 0.2) is 5.65 Å². The molecule has 1 fully saturated rings. The molecule has 2 aromatic heterocycles. The maximum atomic E-state index is 13.9. The first-order valence-electron chi connectivity index (χ1n) is 7.23. The number of rotatable bonds is 2. The van der Waals surface area contributed by atoms with Crippen LogP contribution in [0.4, 0.5) is 4.39 Å². The van der Waals surface area contributed by atoms with Gasteiger partial charge in [-0.25, -0.2) is 14.4 Å². The van der Waals surface area contributed by atoms with E-state index in [9.17, 15) is 9.18 Å². The topological polar surface area (TPSA) is 51.0 Å². The summed E-state index contributed by atoms with van der Waals surface area (Å²) in [5.74, 6) is -0.492. The first-order valence-corrected chi connectivity index (χ1v) is 7.61. The van der Waals surface area contributed by atoms with Crippen molar-refractivity contribution in [1.29, 1.82) is 0 Å². The fourth-order valence-corrected chi connectivity index (χ4v) is 2.70. The summed E-state index contributed by atoms with van der Waals surface area (Å²) in [6.07, 6.45) is 2.60. The van der Waals surface area contributed by atoms with E-state index in [-0.39, 0.29) is 16.8 Å². The molecule has 3 aromatic rings. The maximum Gasteiger partial charge on any atom is 0.290 e. The highest BCUT2D eigenvalue weighted by molar-refractivity contribution is 6.30. The molecule has 0 saturated carbocycles. The van der Waals surface area contributed by atoms with Crippen molar-refractivity contribution in [2.75, 3.05) is 13.1 Å². The van der Waals surface area contributed by atoms with Crippen molar-refractivity contribution >= 4 is 28.7 Å². The molecular weight excluding hydrogens is 319 g/mol. The molecule has 0 atom stereocenters. The Morgan fingerprint density at radius 2 is 2.09 bits per heavy atom. The van der Waals surface area contributed by atoms with E-state index in [1.165, 1.54) is 12.1 Å². The number of benzene rings is 1. The molecule has 1 aliphatic rings. The van der Waals surface area contributed by atoms with E-state index in [2.05, 4.69) is 9.97 Å². The SMILES string of the molecule is O=C(c1nc2cccnc2n1-c1ccc(Cl)c(F)c1)N1CCC1. The molecule has 3 heterocycles. The minimum Gasteiger partial charge on any atom is -0.336 e. The Morgan fingerprint density at radius 1 is 1.26 bits per heavy atom. The van der Waals surface area contributed by atoms with Crippen molar-refractivity contribution in [2.24, 2.45) is 0 Å². The van der Waals surface area contributed by atoms with Gasteiger partial charge in [0, 0.05) is 19.3 Å². The first-order chi connectivity index (χ1) is 11.1. The lowest BCUT2D eigenvalue weighted by Crippen LogP contribution is -2.43. The van der Waals surface area contributed by atoms with Crippen LogP contribution in [0, 0.1) is 5.82 Å². The monoisotopic (exact) mass is 330 g/mol. The van der Waals surface area contributed by atoms with Crippen LogP contribution in [0.2, 0.25) is 5.02 Å². The van der Waals surface area contributed by atoms with E-state index in [0.29, 0.717) is 29.9 Å². The number of carbonyl (C=O) groups is 1. The van der Waals surface area contributed by atoms with Gasteiger partial charge in [-0.3, -0.25) is 9.36 Å². The summed E-state index contributed by atoms with van der Waals surface area (Å²) in [4.78, 5) is 23.0. The van der Waals surface area contributed by atoms with Crippen LogP contribution in [0.3, 0.4) is 0 Å². The molecule has 1 amide bonds. The molecule has 116 valence electrons. The zero-order chi connectivity index (χ0) is 16.0. The second kappa shape index (κ2) is 5.31. The van der Waals surface area contributed by atoms with Gasteiger partial charge in [-0.2, -0.15) is 0 Å². The summed E-state index contributed by atoms with van der Waals surface area (Å²) in [6, 6.07) is 7.91. The van der Waals surface area contributed by atoms with Crippen LogP contribution in [0.5, 0.6) is 0 Å². The molecule has 0 spiro atoms. The zero-order valence-corrected chi connectivity index (χ0v) is 12.8. The summed E-state index contributed by atoms with van der Waals surface area (Å²) in [5, 5.41) is 0.0294. The average Bonchev–Trinajstić information content (AvgIpc) is 2.88. The van der Waals surface area contributed by atoms with Gasteiger partial charge in [0.05, 0.1) is 10.7 Å². The van der Waals surface area contributed by atoms with Gasteiger partial charge >= 0.3 is 0 Å². The number of hydrogen-bond donors (Lipinski definition) is 0. The van der Waals surface area contributed by atoms with Crippen molar-refractivity contribution in [3.63, 3.8) is 0 Å². The number of nitrogens with zero attached hydrogens (tertiary/aromatic N) is 4. The number of aromatic nitrogens is 3. The van der Waals surface area contributed by atoms with Gasteiger partial charge < -0.3 is 4.90 Å². The molecule has 4 rings (SSSR count). The predicted molar refractivity (Wildman–Crippen MR) is 84.4 cm³/mol.